The summed E-state index contributed by atoms with van der Waals surface area (Å²) in [5, 5.41) is 3.74. The molecule has 2 unspecified atom stereocenters. The molecule has 82 valence electrons. The number of hydrogen-bond acceptors (Lipinski definition) is 2. The molecular weight excluding hydrogens is 190 g/mol. The van der Waals surface area contributed by atoms with Gasteiger partial charge in [0, 0.05) is 12.3 Å². The van der Waals surface area contributed by atoms with E-state index >= 15 is 0 Å². The Morgan fingerprint density at radius 2 is 2.29 bits per heavy atom. The van der Waals surface area contributed by atoms with Gasteiger partial charge in [0.15, 0.2) is 0 Å². The smallest absolute Gasteiger partial charge is 0.0646 e. The van der Waals surface area contributed by atoms with Crippen LogP contribution in [0.15, 0.2) is 0 Å². The van der Waals surface area contributed by atoms with Crippen LogP contribution in [0.3, 0.4) is 0 Å². The highest BCUT2D eigenvalue weighted by atomic mass is 32.2. The summed E-state index contributed by atoms with van der Waals surface area (Å²) in [6, 6.07) is 0. The van der Waals surface area contributed by atoms with Crippen LogP contribution in [0.5, 0.6) is 0 Å². The second-order valence-corrected chi connectivity index (χ2v) is 6.33. The van der Waals surface area contributed by atoms with E-state index in [1.807, 2.05) is 0 Å². The van der Waals surface area contributed by atoms with Crippen molar-refractivity contribution < 1.29 is 0 Å². The lowest BCUT2D eigenvalue weighted by molar-refractivity contribution is 0.404. The third-order valence-electron chi connectivity index (χ3n) is 3.77. The number of rotatable bonds is 2. The molecule has 14 heavy (non-hydrogen) atoms. The van der Waals surface area contributed by atoms with Gasteiger partial charge in [0.05, 0.1) is 4.87 Å². The zero-order chi connectivity index (χ0) is 9.86. The van der Waals surface area contributed by atoms with Gasteiger partial charge in [-0.15, -0.1) is 11.8 Å². The Kier molecular flexibility index (Phi) is 3.78. The maximum atomic E-state index is 3.74. The Hall–Kier alpha value is 0.310. The molecule has 0 aromatic carbocycles. The van der Waals surface area contributed by atoms with Crippen LogP contribution in [0, 0.1) is 5.92 Å². The van der Waals surface area contributed by atoms with Crippen molar-refractivity contribution in [2.75, 3.05) is 12.3 Å². The van der Waals surface area contributed by atoms with Crippen molar-refractivity contribution in [3.63, 3.8) is 0 Å². The largest absolute Gasteiger partial charge is 0.302 e. The highest BCUT2D eigenvalue weighted by Gasteiger charge is 2.35. The maximum Gasteiger partial charge on any atom is 0.0646 e. The maximum absolute atomic E-state index is 3.74. The molecule has 0 aromatic rings. The van der Waals surface area contributed by atoms with Gasteiger partial charge in [-0.25, -0.2) is 0 Å². The fourth-order valence-corrected chi connectivity index (χ4v) is 4.33. The number of thioether (sulfide) groups is 1. The average molecular weight is 213 g/mol. The third kappa shape index (κ3) is 2.46. The van der Waals surface area contributed by atoms with Gasteiger partial charge in [-0.2, -0.15) is 0 Å². The topological polar surface area (TPSA) is 12.0 Å². The van der Waals surface area contributed by atoms with E-state index < -0.39 is 0 Å². The van der Waals surface area contributed by atoms with Crippen LogP contribution in [0.4, 0.5) is 0 Å². The lowest BCUT2D eigenvalue weighted by atomic mass is 9.95. The van der Waals surface area contributed by atoms with Crippen molar-refractivity contribution >= 4 is 11.8 Å². The second-order valence-electron chi connectivity index (χ2n) is 4.86. The zero-order valence-electron chi connectivity index (χ0n) is 9.35. The quantitative estimate of drug-likeness (QED) is 0.754. The number of nitrogens with one attached hydrogen (secondary N) is 1. The molecular formula is C12H23NS. The Morgan fingerprint density at radius 3 is 3.00 bits per heavy atom. The van der Waals surface area contributed by atoms with Crippen LogP contribution in [-0.4, -0.2) is 17.2 Å². The summed E-state index contributed by atoms with van der Waals surface area (Å²) in [6.07, 6.45) is 10.1. The molecule has 1 saturated heterocycles. The lowest BCUT2D eigenvalue weighted by Gasteiger charge is -2.26. The Labute approximate surface area is 92.4 Å². The molecule has 1 nitrogen and oxygen atoms in total. The van der Waals surface area contributed by atoms with E-state index in [-0.39, 0.29) is 0 Å². The molecule has 0 aromatic heterocycles. The van der Waals surface area contributed by atoms with Gasteiger partial charge >= 0.3 is 0 Å². The predicted molar refractivity (Wildman–Crippen MR) is 64.7 cm³/mol. The lowest BCUT2D eigenvalue weighted by Crippen LogP contribution is -2.36. The molecule has 1 aliphatic carbocycles. The van der Waals surface area contributed by atoms with Crippen LogP contribution in [0.1, 0.15) is 51.9 Å². The Balaban J connectivity index is 1.87. The minimum atomic E-state index is 0.502. The summed E-state index contributed by atoms with van der Waals surface area (Å²) in [5.74, 6) is 2.36. The van der Waals surface area contributed by atoms with Gasteiger partial charge in [0.25, 0.3) is 0 Å². The van der Waals surface area contributed by atoms with Crippen molar-refractivity contribution in [1.82, 2.24) is 5.32 Å². The highest BCUT2D eigenvalue weighted by Crippen LogP contribution is 2.41. The summed E-state index contributed by atoms with van der Waals surface area (Å²) < 4.78 is 0. The summed E-state index contributed by atoms with van der Waals surface area (Å²) in [4.78, 5) is 0.502. The molecule has 0 amide bonds. The molecule has 0 bridgehead atoms. The van der Waals surface area contributed by atoms with E-state index in [1.165, 1.54) is 57.2 Å². The van der Waals surface area contributed by atoms with Crippen LogP contribution in [0.2, 0.25) is 0 Å². The van der Waals surface area contributed by atoms with Gasteiger partial charge in [0.1, 0.15) is 0 Å². The number of hydrogen-bond donors (Lipinski definition) is 1. The molecule has 1 spiro atoms. The van der Waals surface area contributed by atoms with Crippen LogP contribution < -0.4 is 5.32 Å². The van der Waals surface area contributed by atoms with Gasteiger partial charge < -0.3 is 5.32 Å². The van der Waals surface area contributed by atoms with Crippen LogP contribution in [0.25, 0.3) is 0 Å². The summed E-state index contributed by atoms with van der Waals surface area (Å²) in [5.41, 5.74) is 0. The normalized spacial score (nSPS) is 38.8. The summed E-state index contributed by atoms with van der Waals surface area (Å²) >= 11 is 2.19. The first-order chi connectivity index (χ1) is 6.85. The molecule has 2 fully saturated rings. The molecule has 1 aliphatic heterocycles. The third-order valence-corrected chi connectivity index (χ3v) is 5.29. The van der Waals surface area contributed by atoms with Gasteiger partial charge in [0.2, 0.25) is 0 Å². The molecule has 1 N–H and O–H groups in total. The SMILES string of the molecule is CCCC1CCCC2(CC1)NCCS2. The van der Waals surface area contributed by atoms with E-state index in [2.05, 4.69) is 24.0 Å². The van der Waals surface area contributed by atoms with Crippen molar-refractivity contribution in [3.05, 3.63) is 0 Å². The zero-order valence-corrected chi connectivity index (χ0v) is 10.2. The van der Waals surface area contributed by atoms with E-state index in [9.17, 15) is 0 Å². The van der Waals surface area contributed by atoms with Crippen molar-refractivity contribution in [2.24, 2.45) is 5.92 Å². The standard InChI is InChI=1S/C12H23NS/c1-2-4-11-5-3-7-12(8-6-11)13-9-10-14-12/h11,13H,2-10H2,1H3. The summed E-state index contributed by atoms with van der Waals surface area (Å²) in [6.45, 7) is 3.56. The van der Waals surface area contributed by atoms with Gasteiger partial charge in [-0.05, 0) is 25.2 Å². The molecule has 1 saturated carbocycles. The molecule has 0 radical (unpaired) electrons. The minimum Gasteiger partial charge on any atom is -0.302 e. The van der Waals surface area contributed by atoms with E-state index in [4.69, 9.17) is 0 Å². The Morgan fingerprint density at radius 1 is 1.36 bits per heavy atom. The molecule has 2 heteroatoms. The molecule has 2 atom stereocenters. The van der Waals surface area contributed by atoms with Crippen molar-refractivity contribution in [1.29, 1.82) is 0 Å². The van der Waals surface area contributed by atoms with Crippen molar-refractivity contribution in [2.45, 2.75) is 56.7 Å². The monoisotopic (exact) mass is 213 g/mol. The fourth-order valence-electron chi connectivity index (χ4n) is 2.98. The first kappa shape index (κ1) is 10.8. The fraction of sp³-hybridized carbons (Fsp3) is 1.00. The molecule has 2 rings (SSSR count). The second kappa shape index (κ2) is 4.89. The van der Waals surface area contributed by atoms with Gasteiger partial charge in [-0.3, -0.25) is 0 Å². The molecule has 2 aliphatic rings. The van der Waals surface area contributed by atoms with Crippen LogP contribution in [-0.2, 0) is 0 Å². The minimum absolute atomic E-state index is 0.502. The first-order valence-corrected chi connectivity index (χ1v) is 7.22. The average Bonchev–Trinajstić information content (AvgIpc) is 2.54. The highest BCUT2D eigenvalue weighted by molar-refractivity contribution is 8.00. The molecule has 1 heterocycles. The first-order valence-electron chi connectivity index (χ1n) is 6.24. The van der Waals surface area contributed by atoms with E-state index in [0.717, 1.165) is 5.92 Å². The predicted octanol–water partition coefficient (Wildman–Crippen LogP) is 3.40. The van der Waals surface area contributed by atoms with E-state index in [1.54, 1.807) is 0 Å². The van der Waals surface area contributed by atoms with Crippen molar-refractivity contribution in [3.8, 4) is 0 Å². The van der Waals surface area contributed by atoms with Gasteiger partial charge in [-0.1, -0.05) is 32.6 Å². The Bertz CT molecular complexity index is 175. The summed E-state index contributed by atoms with van der Waals surface area (Å²) in [7, 11) is 0. The van der Waals surface area contributed by atoms with Crippen LogP contribution >= 0.6 is 11.8 Å². The van der Waals surface area contributed by atoms with E-state index in [0.29, 0.717) is 4.87 Å².